The van der Waals surface area contributed by atoms with Gasteiger partial charge in [-0.3, -0.25) is 4.31 Å². The molecular formula is C15H18N2O3S. The number of phenolic OH excluding ortho intramolecular Hbond substituents is 1. The number of hydrogen-bond acceptors (Lipinski definition) is 4. The number of nitrogens with zero attached hydrogens (tertiary/aromatic N) is 1. The SMILES string of the molecule is Cc1ccc(C)c(S(=O)(=O)N(C)c2ccc(O)cc2)c1N. The van der Waals surface area contributed by atoms with Crippen LogP contribution in [0.3, 0.4) is 0 Å². The first-order valence-electron chi connectivity index (χ1n) is 6.39. The summed E-state index contributed by atoms with van der Waals surface area (Å²) in [5, 5.41) is 9.29. The lowest BCUT2D eigenvalue weighted by atomic mass is 10.1. The fourth-order valence-electron chi connectivity index (χ4n) is 2.09. The van der Waals surface area contributed by atoms with E-state index in [2.05, 4.69) is 0 Å². The summed E-state index contributed by atoms with van der Waals surface area (Å²) < 4.78 is 26.7. The predicted octanol–water partition coefficient (Wildman–Crippen LogP) is 2.42. The Kier molecular flexibility index (Phi) is 3.82. The van der Waals surface area contributed by atoms with Crippen LogP contribution in [0.2, 0.25) is 0 Å². The van der Waals surface area contributed by atoms with Gasteiger partial charge in [-0.05, 0) is 49.2 Å². The zero-order valence-corrected chi connectivity index (χ0v) is 13.0. The number of hydrogen-bond donors (Lipinski definition) is 2. The average molecular weight is 306 g/mol. The highest BCUT2D eigenvalue weighted by atomic mass is 32.2. The van der Waals surface area contributed by atoms with E-state index in [0.29, 0.717) is 11.3 Å². The molecule has 0 aliphatic rings. The highest BCUT2D eigenvalue weighted by Crippen LogP contribution is 2.31. The number of nitrogens with two attached hydrogens (primary N) is 1. The Morgan fingerprint density at radius 2 is 1.52 bits per heavy atom. The Morgan fingerprint density at radius 3 is 2.10 bits per heavy atom. The maximum Gasteiger partial charge on any atom is 0.266 e. The molecule has 0 spiro atoms. The van der Waals surface area contributed by atoms with Crippen LogP contribution in [0.4, 0.5) is 11.4 Å². The second-order valence-corrected chi connectivity index (χ2v) is 6.84. The van der Waals surface area contributed by atoms with Gasteiger partial charge < -0.3 is 10.8 Å². The monoisotopic (exact) mass is 306 g/mol. The van der Waals surface area contributed by atoms with E-state index in [4.69, 9.17) is 5.73 Å². The summed E-state index contributed by atoms with van der Waals surface area (Å²) in [5.41, 5.74) is 8.00. The summed E-state index contributed by atoms with van der Waals surface area (Å²) >= 11 is 0. The second kappa shape index (κ2) is 5.29. The number of phenols is 1. The van der Waals surface area contributed by atoms with Gasteiger partial charge in [0.1, 0.15) is 10.6 Å². The van der Waals surface area contributed by atoms with Gasteiger partial charge in [-0.1, -0.05) is 12.1 Å². The number of rotatable bonds is 3. The van der Waals surface area contributed by atoms with Gasteiger partial charge in [0, 0.05) is 7.05 Å². The molecule has 3 N–H and O–H groups in total. The highest BCUT2D eigenvalue weighted by Gasteiger charge is 2.26. The molecule has 0 amide bonds. The van der Waals surface area contributed by atoms with Crippen LogP contribution in [0.1, 0.15) is 11.1 Å². The Bertz CT molecular complexity index is 768. The van der Waals surface area contributed by atoms with Crippen molar-refractivity contribution >= 4 is 21.4 Å². The lowest BCUT2D eigenvalue weighted by Crippen LogP contribution is -2.28. The van der Waals surface area contributed by atoms with E-state index in [1.165, 1.54) is 31.3 Å². The molecule has 0 aromatic heterocycles. The molecule has 0 radical (unpaired) electrons. The first-order valence-corrected chi connectivity index (χ1v) is 7.83. The largest absolute Gasteiger partial charge is 0.508 e. The van der Waals surface area contributed by atoms with Crippen LogP contribution in [-0.4, -0.2) is 20.6 Å². The standard InChI is InChI=1S/C15H18N2O3S/c1-10-4-5-11(2)15(14(10)16)21(19,20)17(3)12-6-8-13(18)9-7-12/h4-9,18H,16H2,1-3H3. The summed E-state index contributed by atoms with van der Waals surface area (Å²) in [6, 6.07) is 9.48. The third kappa shape index (κ3) is 2.67. The first kappa shape index (κ1) is 15.2. The average Bonchev–Trinajstić information content (AvgIpc) is 2.43. The molecule has 21 heavy (non-hydrogen) atoms. The summed E-state index contributed by atoms with van der Waals surface area (Å²) in [4.78, 5) is 0.123. The van der Waals surface area contributed by atoms with Crippen molar-refractivity contribution < 1.29 is 13.5 Å². The molecule has 0 saturated carbocycles. The maximum atomic E-state index is 12.8. The van der Waals surface area contributed by atoms with E-state index in [-0.39, 0.29) is 16.3 Å². The van der Waals surface area contributed by atoms with E-state index in [1.807, 2.05) is 0 Å². The minimum absolute atomic E-state index is 0.0794. The van der Waals surface area contributed by atoms with Gasteiger partial charge >= 0.3 is 0 Å². The van der Waals surface area contributed by atoms with E-state index in [9.17, 15) is 13.5 Å². The van der Waals surface area contributed by atoms with E-state index in [1.54, 1.807) is 26.0 Å². The molecule has 5 nitrogen and oxygen atoms in total. The predicted molar refractivity (Wildman–Crippen MR) is 84.0 cm³/mol. The summed E-state index contributed by atoms with van der Waals surface area (Å²) in [5.74, 6) is 0.0794. The molecule has 0 fully saturated rings. The van der Waals surface area contributed by atoms with Crippen molar-refractivity contribution in [1.82, 2.24) is 0 Å². The van der Waals surface area contributed by atoms with Gasteiger partial charge in [-0.2, -0.15) is 0 Å². The summed E-state index contributed by atoms with van der Waals surface area (Å²) in [6.45, 7) is 3.49. The number of nitrogen functional groups attached to an aromatic ring is 1. The van der Waals surface area contributed by atoms with Crippen LogP contribution < -0.4 is 10.0 Å². The van der Waals surface area contributed by atoms with Crippen molar-refractivity contribution in [1.29, 1.82) is 0 Å². The number of benzene rings is 2. The minimum Gasteiger partial charge on any atom is -0.508 e. The molecule has 2 aromatic carbocycles. The fraction of sp³-hybridized carbons (Fsp3) is 0.200. The molecule has 6 heteroatoms. The topological polar surface area (TPSA) is 83.6 Å². The van der Waals surface area contributed by atoms with Crippen molar-refractivity contribution in [3.05, 3.63) is 47.5 Å². The van der Waals surface area contributed by atoms with Crippen LogP contribution in [0.15, 0.2) is 41.3 Å². The molecule has 112 valence electrons. The van der Waals surface area contributed by atoms with E-state index in [0.717, 1.165) is 9.87 Å². The van der Waals surface area contributed by atoms with E-state index >= 15 is 0 Å². The third-order valence-electron chi connectivity index (χ3n) is 3.44. The third-order valence-corrected chi connectivity index (χ3v) is 5.43. The van der Waals surface area contributed by atoms with Gasteiger partial charge in [0.25, 0.3) is 10.0 Å². The number of sulfonamides is 1. The van der Waals surface area contributed by atoms with Crippen LogP contribution in [0.25, 0.3) is 0 Å². The van der Waals surface area contributed by atoms with Gasteiger partial charge in [-0.25, -0.2) is 8.42 Å². The molecule has 0 atom stereocenters. The molecule has 2 aromatic rings. The fourth-order valence-corrected chi connectivity index (χ4v) is 3.67. The van der Waals surface area contributed by atoms with Crippen molar-refractivity contribution in [2.24, 2.45) is 0 Å². The van der Waals surface area contributed by atoms with Gasteiger partial charge in [0.05, 0.1) is 11.4 Å². The van der Waals surface area contributed by atoms with Crippen LogP contribution >= 0.6 is 0 Å². The van der Waals surface area contributed by atoms with Crippen LogP contribution in [0.5, 0.6) is 5.75 Å². The van der Waals surface area contributed by atoms with Gasteiger partial charge in [0.2, 0.25) is 0 Å². The lowest BCUT2D eigenvalue weighted by Gasteiger charge is -2.22. The Morgan fingerprint density at radius 1 is 1.00 bits per heavy atom. The number of anilines is 2. The van der Waals surface area contributed by atoms with Crippen molar-refractivity contribution in [3.8, 4) is 5.75 Å². The number of aromatic hydroxyl groups is 1. The quantitative estimate of drug-likeness (QED) is 0.853. The Balaban J connectivity index is 2.57. The Hall–Kier alpha value is -2.21. The minimum atomic E-state index is -3.76. The Labute approximate surface area is 124 Å². The van der Waals surface area contributed by atoms with Crippen LogP contribution in [-0.2, 0) is 10.0 Å². The highest BCUT2D eigenvalue weighted by molar-refractivity contribution is 7.93. The zero-order chi connectivity index (χ0) is 15.8. The molecule has 0 unspecified atom stereocenters. The summed E-state index contributed by atoms with van der Waals surface area (Å²) in [6.07, 6.45) is 0. The smallest absolute Gasteiger partial charge is 0.266 e. The lowest BCUT2D eigenvalue weighted by molar-refractivity contribution is 0.475. The first-order chi connectivity index (χ1) is 9.75. The van der Waals surface area contributed by atoms with Gasteiger partial charge in [-0.15, -0.1) is 0 Å². The molecule has 0 heterocycles. The zero-order valence-electron chi connectivity index (χ0n) is 12.2. The molecular weight excluding hydrogens is 288 g/mol. The van der Waals surface area contributed by atoms with Gasteiger partial charge in [0.15, 0.2) is 0 Å². The number of aryl methyl sites for hydroxylation is 2. The molecule has 2 rings (SSSR count). The normalized spacial score (nSPS) is 11.4. The van der Waals surface area contributed by atoms with Crippen molar-refractivity contribution in [2.75, 3.05) is 17.1 Å². The molecule has 0 saturated heterocycles. The molecule has 0 aliphatic heterocycles. The van der Waals surface area contributed by atoms with Crippen LogP contribution in [0, 0.1) is 13.8 Å². The van der Waals surface area contributed by atoms with Crippen molar-refractivity contribution in [2.45, 2.75) is 18.7 Å². The van der Waals surface area contributed by atoms with Crippen molar-refractivity contribution in [3.63, 3.8) is 0 Å². The van der Waals surface area contributed by atoms with E-state index < -0.39 is 10.0 Å². The summed E-state index contributed by atoms with van der Waals surface area (Å²) in [7, 11) is -2.30. The molecule has 0 bridgehead atoms. The second-order valence-electron chi connectivity index (χ2n) is 4.93. The maximum absolute atomic E-state index is 12.8. The molecule has 0 aliphatic carbocycles.